The summed E-state index contributed by atoms with van der Waals surface area (Å²) in [6, 6.07) is 24.7. The van der Waals surface area contributed by atoms with Crippen LogP contribution in [-0.4, -0.2) is 52.1 Å². The number of esters is 1. The van der Waals surface area contributed by atoms with Gasteiger partial charge in [-0.2, -0.15) is 0 Å². The molecule has 0 amide bonds. The Morgan fingerprint density at radius 1 is 0.689 bits per heavy atom. The van der Waals surface area contributed by atoms with E-state index in [0.717, 1.165) is 74.7 Å². The number of hydrogen-bond acceptors (Lipinski definition) is 7. The van der Waals surface area contributed by atoms with Crippen molar-refractivity contribution in [3.05, 3.63) is 108 Å². The van der Waals surface area contributed by atoms with Gasteiger partial charge in [0.15, 0.2) is 5.78 Å². The minimum atomic E-state index is -0.423. The molecule has 3 aromatic rings. The molecule has 0 saturated heterocycles. The highest BCUT2D eigenvalue weighted by molar-refractivity contribution is 6.08. The first kappa shape index (κ1) is 35.5. The summed E-state index contributed by atoms with van der Waals surface area (Å²) in [7, 11) is 3.16. The first-order valence-corrected chi connectivity index (χ1v) is 16.0. The molecule has 0 bridgehead atoms. The fourth-order valence-electron chi connectivity index (χ4n) is 4.73. The third-order valence-electron chi connectivity index (χ3n) is 7.35. The van der Waals surface area contributed by atoms with Crippen molar-refractivity contribution in [2.45, 2.75) is 70.3 Å². The van der Waals surface area contributed by atoms with Crippen LogP contribution in [0.1, 0.15) is 79.3 Å². The summed E-state index contributed by atoms with van der Waals surface area (Å²) in [6.45, 7) is 0.453. The minimum absolute atomic E-state index is 0.0643. The molecule has 0 radical (unpaired) electrons. The van der Waals surface area contributed by atoms with Crippen LogP contribution < -0.4 is 9.47 Å². The lowest BCUT2D eigenvalue weighted by atomic mass is 10.0. The Labute approximate surface area is 268 Å². The highest BCUT2D eigenvalue weighted by Gasteiger charge is 2.14. The molecule has 0 aromatic heterocycles. The van der Waals surface area contributed by atoms with Gasteiger partial charge in [0.25, 0.3) is 0 Å². The maximum atomic E-state index is 12.5. The molecule has 45 heavy (non-hydrogen) atoms. The average molecular weight is 617 g/mol. The topological polar surface area (TPSA) is 80.3 Å². The fraction of sp³-hybridized carbons (Fsp3) is 0.421. The summed E-state index contributed by atoms with van der Waals surface area (Å²) in [4.78, 5) is 24.8. The minimum Gasteiger partial charge on any atom is -0.497 e. The van der Waals surface area contributed by atoms with E-state index in [1.54, 1.807) is 14.2 Å². The van der Waals surface area contributed by atoms with Gasteiger partial charge < -0.3 is 23.7 Å². The molecule has 0 spiro atoms. The molecule has 0 heterocycles. The number of ketones is 1. The lowest BCUT2D eigenvalue weighted by molar-refractivity contribution is -0.154. The van der Waals surface area contributed by atoms with Crippen LogP contribution in [-0.2, 0) is 25.4 Å². The van der Waals surface area contributed by atoms with Crippen molar-refractivity contribution in [2.75, 3.05) is 34.2 Å². The Bertz CT molecular complexity index is 1250. The standard InChI is InChI=1S/C38H48O7/c1-41-30-45-36(28-43-35-26-24-34(42-2)25-27-35)29-44-37(39)19-15-10-8-6-4-3-5-7-9-12-16-31-20-22-33(23-21-31)38(40)32-17-13-11-14-18-32/h5,7,11,13-14,17-18,20-27,36H,3-4,6,8-10,12,15-16,19,28-30H2,1-2H3/b7-5-/t36-/m0/s1. The van der Waals surface area contributed by atoms with Crippen LogP contribution in [0.5, 0.6) is 11.5 Å². The van der Waals surface area contributed by atoms with Crippen LogP contribution in [0.3, 0.4) is 0 Å². The predicted octanol–water partition coefficient (Wildman–Crippen LogP) is 8.15. The maximum absolute atomic E-state index is 12.5. The van der Waals surface area contributed by atoms with Crippen molar-refractivity contribution >= 4 is 11.8 Å². The zero-order chi connectivity index (χ0) is 32.0. The number of rotatable bonds is 23. The van der Waals surface area contributed by atoms with Gasteiger partial charge in [-0.15, -0.1) is 0 Å². The third-order valence-corrected chi connectivity index (χ3v) is 7.35. The van der Waals surface area contributed by atoms with Gasteiger partial charge in [0.05, 0.1) is 7.11 Å². The lowest BCUT2D eigenvalue weighted by Gasteiger charge is -2.18. The van der Waals surface area contributed by atoms with Crippen molar-refractivity contribution < 1.29 is 33.3 Å². The van der Waals surface area contributed by atoms with E-state index < -0.39 is 6.10 Å². The fourth-order valence-corrected chi connectivity index (χ4v) is 4.73. The van der Waals surface area contributed by atoms with Crippen LogP contribution >= 0.6 is 0 Å². The summed E-state index contributed by atoms with van der Waals surface area (Å²) in [5.41, 5.74) is 2.71. The summed E-state index contributed by atoms with van der Waals surface area (Å²) in [6.07, 6.45) is 14.0. The monoisotopic (exact) mass is 616 g/mol. The largest absolute Gasteiger partial charge is 0.497 e. The number of aryl methyl sites for hydroxylation is 1. The van der Waals surface area contributed by atoms with Gasteiger partial charge >= 0.3 is 5.97 Å². The molecule has 7 heteroatoms. The summed E-state index contributed by atoms with van der Waals surface area (Å²) in [5.74, 6) is 1.28. The maximum Gasteiger partial charge on any atom is 0.305 e. The molecule has 1 atom stereocenters. The number of unbranched alkanes of at least 4 members (excludes halogenated alkanes) is 6. The van der Waals surface area contributed by atoms with Crippen LogP contribution in [0.4, 0.5) is 0 Å². The second kappa shape index (κ2) is 21.7. The second-order valence-electron chi connectivity index (χ2n) is 10.9. The van der Waals surface area contributed by atoms with E-state index in [-0.39, 0.29) is 31.8 Å². The normalized spacial score (nSPS) is 11.8. The van der Waals surface area contributed by atoms with Crippen LogP contribution in [0.15, 0.2) is 91.0 Å². The van der Waals surface area contributed by atoms with Crippen molar-refractivity contribution in [3.8, 4) is 11.5 Å². The number of methoxy groups -OCH3 is 2. The molecule has 0 N–H and O–H groups in total. The number of ether oxygens (including phenoxy) is 5. The van der Waals surface area contributed by atoms with Gasteiger partial charge in [-0.3, -0.25) is 9.59 Å². The van der Waals surface area contributed by atoms with E-state index in [4.69, 9.17) is 23.7 Å². The van der Waals surface area contributed by atoms with Crippen LogP contribution in [0, 0.1) is 0 Å². The molecule has 0 aliphatic heterocycles. The van der Waals surface area contributed by atoms with Gasteiger partial charge in [-0.1, -0.05) is 86.0 Å². The van der Waals surface area contributed by atoms with Gasteiger partial charge in [-0.05, 0) is 68.4 Å². The average Bonchev–Trinajstić information content (AvgIpc) is 3.09. The molecule has 0 aliphatic carbocycles. The molecular formula is C38H48O7. The first-order valence-electron chi connectivity index (χ1n) is 16.0. The molecule has 7 nitrogen and oxygen atoms in total. The molecule has 0 saturated carbocycles. The lowest BCUT2D eigenvalue weighted by Crippen LogP contribution is -2.29. The second-order valence-corrected chi connectivity index (χ2v) is 10.9. The van der Waals surface area contributed by atoms with Gasteiger partial charge in [0.2, 0.25) is 0 Å². The Morgan fingerprint density at radius 2 is 1.33 bits per heavy atom. The molecular weight excluding hydrogens is 568 g/mol. The Morgan fingerprint density at radius 3 is 2.04 bits per heavy atom. The summed E-state index contributed by atoms with van der Waals surface area (Å²) >= 11 is 0. The summed E-state index contributed by atoms with van der Waals surface area (Å²) < 4.78 is 27.0. The smallest absolute Gasteiger partial charge is 0.305 e. The van der Waals surface area contributed by atoms with E-state index in [9.17, 15) is 9.59 Å². The Balaban J connectivity index is 1.17. The van der Waals surface area contributed by atoms with E-state index in [0.29, 0.717) is 12.2 Å². The van der Waals surface area contributed by atoms with Gasteiger partial charge in [-0.25, -0.2) is 0 Å². The van der Waals surface area contributed by atoms with Crippen molar-refractivity contribution in [3.63, 3.8) is 0 Å². The number of hydrogen-bond donors (Lipinski definition) is 0. The van der Waals surface area contributed by atoms with E-state index in [1.165, 1.54) is 5.56 Å². The molecule has 3 rings (SSSR count). The SMILES string of the molecule is COCO[C@H](COC(=O)CCCCCCC/C=C\CCCc1ccc(C(=O)c2ccccc2)cc1)COc1ccc(OC)cc1. The summed E-state index contributed by atoms with van der Waals surface area (Å²) in [5, 5.41) is 0. The number of carbonyl (C=O) groups is 2. The van der Waals surface area contributed by atoms with Crippen molar-refractivity contribution in [1.29, 1.82) is 0 Å². The van der Waals surface area contributed by atoms with E-state index >= 15 is 0 Å². The van der Waals surface area contributed by atoms with E-state index in [1.807, 2.05) is 66.7 Å². The molecule has 242 valence electrons. The zero-order valence-corrected chi connectivity index (χ0v) is 26.8. The van der Waals surface area contributed by atoms with E-state index in [2.05, 4.69) is 24.3 Å². The molecule has 0 unspecified atom stereocenters. The molecule has 3 aromatic carbocycles. The van der Waals surface area contributed by atoms with Crippen molar-refractivity contribution in [1.82, 2.24) is 0 Å². The van der Waals surface area contributed by atoms with Crippen LogP contribution in [0.25, 0.3) is 0 Å². The number of allylic oxidation sites excluding steroid dienone is 2. The zero-order valence-electron chi connectivity index (χ0n) is 26.8. The predicted molar refractivity (Wildman–Crippen MR) is 177 cm³/mol. The van der Waals surface area contributed by atoms with Gasteiger partial charge in [0, 0.05) is 24.7 Å². The Hall–Kier alpha value is -3.94. The number of benzene rings is 3. The van der Waals surface area contributed by atoms with Gasteiger partial charge in [0.1, 0.15) is 37.6 Å². The van der Waals surface area contributed by atoms with Crippen LogP contribution in [0.2, 0.25) is 0 Å². The molecule has 0 aliphatic rings. The third kappa shape index (κ3) is 14.6. The highest BCUT2D eigenvalue weighted by Crippen LogP contribution is 2.18. The first-order chi connectivity index (χ1) is 22.1. The van der Waals surface area contributed by atoms with Crippen molar-refractivity contribution in [2.24, 2.45) is 0 Å². The highest BCUT2D eigenvalue weighted by atomic mass is 16.7. The quantitative estimate of drug-likeness (QED) is 0.0350. The Kier molecular flexibility index (Phi) is 17.1. The number of carbonyl (C=O) groups excluding carboxylic acids is 2. The molecule has 0 fully saturated rings.